The molecule has 0 spiro atoms. The first-order valence-electron chi connectivity index (χ1n) is 7.83. The van der Waals surface area contributed by atoms with E-state index in [0.29, 0.717) is 30.2 Å². The van der Waals surface area contributed by atoms with Crippen LogP contribution in [-0.2, 0) is 9.47 Å². The number of hydrogen-bond donors (Lipinski definition) is 4. The summed E-state index contributed by atoms with van der Waals surface area (Å²) in [5.74, 6) is 0.584. The first-order chi connectivity index (χ1) is 11.7. The van der Waals surface area contributed by atoms with E-state index in [1.165, 1.54) is 17.2 Å². The number of ether oxygens (including phenoxy) is 2. The molecule has 10 heteroatoms. The highest BCUT2D eigenvalue weighted by atomic mass is 16.6. The van der Waals surface area contributed by atoms with Crippen LogP contribution in [0, 0.1) is 0 Å². The van der Waals surface area contributed by atoms with Gasteiger partial charge in [0, 0.05) is 6.61 Å². The molecule has 5 atom stereocenters. The van der Waals surface area contributed by atoms with E-state index in [2.05, 4.69) is 20.3 Å². The number of nitrogens with one attached hydrogen (secondary N) is 1. The maximum atomic E-state index is 10.2. The Hall–Kier alpha value is -1.85. The molecule has 130 valence electrons. The molecule has 0 aromatic carbocycles. The van der Waals surface area contributed by atoms with Gasteiger partial charge in [-0.05, 0) is 6.42 Å². The monoisotopic (exact) mass is 337 g/mol. The van der Waals surface area contributed by atoms with Gasteiger partial charge in [0.2, 0.25) is 0 Å². The van der Waals surface area contributed by atoms with Crippen molar-refractivity contribution in [1.29, 1.82) is 0 Å². The third-order valence-electron chi connectivity index (χ3n) is 4.42. The summed E-state index contributed by atoms with van der Waals surface area (Å²) in [6.45, 7) is 0.939. The topological polar surface area (TPSA) is 135 Å². The van der Waals surface area contributed by atoms with Crippen molar-refractivity contribution in [3.05, 3.63) is 12.7 Å². The zero-order chi connectivity index (χ0) is 16.7. The van der Waals surface area contributed by atoms with Crippen LogP contribution in [-0.4, -0.2) is 79.0 Å². The molecule has 2 aromatic rings. The number of fused-ring (bicyclic) bond motifs is 1. The maximum Gasteiger partial charge on any atom is 0.167 e. The Kier molecular flexibility index (Phi) is 4.06. The van der Waals surface area contributed by atoms with Crippen LogP contribution >= 0.6 is 0 Å². The van der Waals surface area contributed by atoms with Crippen molar-refractivity contribution in [2.24, 2.45) is 0 Å². The highest BCUT2D eigenvalue weighted by Crippen LogP contribution is 2.32. The normalized spacial score (nSPS) is 33.4. The summed E-state index contributed by atoms with van der Waals surface area (Å²) < 4.78 is 12.4. The van der Waals surface area contributed by atoms with Gasteiger partial charge in [0.1, 0.15) is 24.6 Å². The van der Waals surface area contributed by atoms with Crippen molar-refractivity contribution in [2.75, 3.05) is 25.1 Å². The van der Waals surface area contributed by atoms with Crippen molar-refractivity contribution in [2.45, 2.75) is 37.0 Å². The van der Waals surface area contributed by atoms with Crippen molar-refractivity contribution in [3.8, 4) is 0 Å². The van der Waals surface area contributed by atoms with Gasteiger partial charge >= 0.3 is 0 Å². The molecule has 10 nitrogen and oxygen atoms in total. The smallest absolute Gasteiger partial charge is 0.167 e. The molecule has 0 saturated carbocycles. The van der Waals surface area contributed by atoms with Gasteiger partial charge in [-0.25, -0.2) is 15.0 Å². The Morgan fingerprint density at radius 3 is 2.83 bits per heavy atom. The highest BCUT2D eigenvalue weighted by Gasteiger charge is 2.44. The number of anilines is 1. The molecule has 2 aromatic heterocycles. The molecule has 2 aliphatic rings. The molecular weight excluding hydrogens is 318 g/mol. The van der Waals surface area contributed by atoms with Gasteiger partial charge in [0.15, 0.2) is 23.2 Å². The lowest BCUT2D eigenvalue weighted by atomic mass is 10.1. The third kappa shape index (κ3) is 2.52. The van der Waals surface area contributed by atoms with Crippen molar-refractivity contribution < 1.29 is 24.8 Å². The maximum absolute atomic E-state index is 10.2. The van der Waals surface area contributed by atoms with Crippen LogP contribution in [0.2, 0.25) is 0 Å². The summed E-state index contributed by atoms with van der Waals surface area (Å²) in [5, 5.41) is 32.6. The van der Waals surface area contributed by atoms with Gasteiger partial charge in [0.25, 0.3) is 0 Å². The summed E-state index contributed by atoms with van der Waals surface area (Å²) in [6, 6.07) is 0.169. The fourth-order valence-corrected chi connectivity index (χ4v) is 3.10. The molecule has 0 radical (unpaired) electrons. The fraction of sp³-hybridized carbons (Fsp3) is 0.643. The van der Waals surface area contributed by atoms with E-state index in [1.54, 1.807) is 0 Å². The number of aromatic nitrogens is 4. The molecule has 4 N–H and O–H groups in total. The lowest BCUT2D eigenvalue weighted by molar-refractivity contribution is -0.0511. The summed E-state index contributed by atoms with van der Waals surface area (Å²) in [7, 11) is 0. The van der Waals surface area contributed by atoms with Crippen LogP contribution in [0.4, 0.5) is 5.82 Å². The van der Waals surface area contributed by atoms with E-state index in [0.717, 1.165) is 6.42 Å². The number of imidazole rings is 1. The minimum atomic E-state index is -1.19. The summed E-state index contributed by atoms with van der Waals surface area (Å²) >= 11 is 0. The molecule has 4 heterocycles. The van der Waals surface area contributed by atoms with E-state index >= 15 is 0 Å². The predicted molar refractivity (Wildman–Crippen MR) is 81.2 cm³/mol. The predicted octanol–water partition coefficient (Wildman–Crippen LogP) is -1.36. The summed E-state index contributed by atoms with van der Waals surface area (Å²) in [4.78, 5) is 12.8. The van der Waals surface area contributed by atoms with Gasteiger partial charge in [-0.1, -0.05) is 0 Å². The molecule has 0 amide bonds. The summed E-state index contributed by atoms with van der Waals surface area (Å²) in [6.07, 6.45) is -0.310. The van der Waals surface area contributed by atoms with E-state index in [9.17, 15) is 15.3 Å². The summed E-state index contributed by atoms with van der Waals surface area (Å²) in [5.41, 5.74) is 1.02. The number of aliphatic hydroxyl groups is 3. The number of nitrogens with zero attached hydrogens (tertiary/aromatic N) is 4. The lowest BCUT2D eigenvalue weighted by Crippen LogP contribution is -2.33. The third-order valence-corrected chi connectivity index (χ3v) is 4.42. The van der Waals surface area contributed by atoms with Crippen molar-refractivity contribution >= 4 is 17.0 Å². The quantitative estimate of drug-likeness (QED) is 0.533. The lowest BCUT2D eigenvalue weighted by Gasteiger charge is -2.16. The van der Waals surface area contributed by atoms with Gasteiger partial charge < -0.3 is 30.1 Å². The molecule has 24 heavy (non-hydrogen) atoms. The average molecular weight is 337 g/mol. The van der Waals surface area contributed by atoms with Crippen LogP contribution in [0.15, 0.2) is 12.7 Å². The number of rotatable bonds is 4. The first kappa shape index (κ1) is 15.7. The molecular formula is C14H19N5O5. The van der Waals surface area contributed by atoms with Crippen molar-refractivity contribution in [1.82, 2.24) is 19.5 Å². The first-order valence-corrected chi connectivity index (χ1v) is 7.83. The van der Waals surface area contributed by atoms with Crippen LogP contribution in [0.25, 0.3) is 11.2 Å². The SMILES string of the molecule is OC[C@H]1O[C@@H](n2cnc3c(N[C@H]4CCOC4)ncnc32)[C@H](O)[C@@H]1O. The number of aliphatic hydroxyl groups excluding tert-OH is 3. The highest BCUT2D eigenvalue weighted by molar-refractivity contribution is 5.82. The van der Waals surface area contributed by atoms with Gasteiger partial charge in [0.05, 0.1) is 25.6 Å². The zero-order valence-electron chi connectivity index (χ0n) is 12.8. The molecule has 2 fully saturated rings. The standard InChI is InChI=1S/C14H19N5O5/c20-3-8-10(21)11(22)14(24-8)19-6-17-9-12(15-5-16-13(9)19)18-7-1-2-23-4-7/h5-8,10-11,14,20-22H,1-4H2,(H,15,16,18)/t7-,8+,10+,11+,14+/m0/s1. The molecule has 2 saturated heterocycles. The van der Waals surface area contributed by atoms with Crippen LogP contribution < -0.4 is 5.32 Å². The van der Waals surface area contributed by atoms with Crippen LogP contribution in [0.5, 0.6) is 0 Å². The molecule has 0 bridgehead atoms. The Morgan fingerprint density at radius 2 is 2.12 bits per heavy atom. The Morgan fingerprint density at radius 1 is 1.25 bits per heavy atom. The second kappa shape index (κ2) is 6.22. The minimum absolute atomic E-state index is 0.169. The Labute approximate surface area is 137 Å². The van der Waals surface area contributed by atoms with E-state index in [-0.39, 0.29) is 12.6 Å². The van der Waals surface area contributed by atoms with Gasteiger partial charge in [-0.3, -0.25) is 4.57 Å². The van der Waals surface area contributed by atoms with Crippen molar-refractivity contribution in [3.63, 3.8) is 0 Å². The van der Waals surface area contributed by atoms with E-state index in [1.807, 2.05) is 0 Å². The molecule has 2 aliphatic heterocycles. The largest absolute Gasteiger partial charge is 0.394 e. The fourth-order valence-electron chi connectivity index (χ4n) is 3.10. The molecule has 0 unspecified atom stereocenters. The van der Waals surface area contributed by atoms with Gasteiger partial charge in [-0.2, -0.15) is 0 Å². The second-order valence-electron chi connectivity index (χ2n) is 5.98. The van der Waals surface area contributed by atoms with Crippen LogP contribution in [0.3, 0.4) is 0 Å². The van der Waals surface area contributed by atoms with Gasteiger partial charge in [-0.15, -0.1) is 0 Å². The van der Waals surface area contributed by atoms with E-state index in [4.69, 9.17) is 9.47 Å². The Balaban J connectivity index is 1.65. The van der Waals surface area contributed by atoms with E-state index < -0.39 is 24.5 Å². The minimum Gasteiger partial charge on any atom is -0.394 e. The number of hydrogen-bond acceptors (Lipinski definition) is 9. The Bertz CT molecular complexity index is 719. The second-order valence-corrected chi connectivity index (χ2v) is 5.98. The van der Waals surface area contributed by atoms with Crippen LogP contribution in [0.1, 0.15) is 12.6 Å². The molecule has 0 aliphatic carbocycles. The average Bonchev–Trinajstić information content (AvgIpc) is 3.30. The molecule has 4 rings (SSSR count). The zero-order valence-corrected chi connectivity index (χ0v) is 12.8.